The quantitative estimate of drug-likeness (QED) is 0.785. The fourth-order valence-corrected chi connectivity index (χ4v) is 2.34. The van der Waals surface area contributed by atoms with Crippen LogP contribution < -0.4 is 5.32 Å². The molecule has 1 amide bonds. The fourth-order valence-electron chi connectivity index (χ4n) is 2.34. The molecule has 0 saturated carbocycles. The van der Waals surface area contributed by atoms with Crippen LogP contribution in [-0.4, -0.2) is 30.5 Å². The van der Waals surface area contributed by atoms with Crippen LogP contribution >= 0.6 is 0 Å². The fraction of sp³-hybridized carbons (Fsp3) is 0.353. The van der Waals surface area contributed by atoms with Crippen molar-refractivity contribution in [2.45, 2.75) is 19.8 Å². The summed E-state index contributed by atoms with van der Waals surface area (Å²) in [4.78, 5) is 28.0. The number of aryl methyl sites for hydroxylation is 1. The third kappa shape index (κ3) is 4.18. The van der Waals surface area contributed by atoms with Crippen LogP contribution in [0.1, 0.15) is 28.7 Å². The number of hydrogen-bond acceptors (Lipinski definition) is 5. The van der Waals surface area contributed by atoms with Crippen molar-refractivity contribution in [3.63, 3.8) is 0 Å². The van der Waals surface area contributed by atoms with Crippen LogP contribution in [0.4, 0.5) is 4.39 Å². The Kier molecular flexibility index (Phi) is 6.06. The minimum atomic E-state index is -0.701. The van der Waals surface area contributed by atoms with E-state index >= 15 is 0 Å². The molecule has 2 rings (SSSR count). The van der Waals surface area contributed by atoms with Gasteiger partial charge in [-0.3, -0.25) is 9.59 Å². The Morgan fingerprint density at radius 1 is 1.38 bits per heavy atom. The van der Waals surface area contributed by atoms with Gasteiger partial charge >= 0.3 is 5.97 Å². The predicted molar refractivity (Wildman–Crippen MR) is 83.8 cm³/mol. The van der Waals surface area contributed by atoms with E-state index in [1.165, 1.54) is 19.6 Å². The standard InChI is InChI=1S/C17H19FN2O4/c1-3-14-15(20-10-24-14)16(21)19-9-12(17(22)23-2)8-11-6-4-5-7-13(11)18/h4-7,10,12H,3,8-9H2,1-2H3,(H,19,21)/t12-/m1/s1. The molecule has 7 heteroatoms. The molecule has 1 atom stereocenters. The lowest BCUT2D eigenvalue weighted by molar-refractivity contribution is -0.145. The zero-order valence-corrected chi connectivity index (χ0v) is 13.5. The highest BCUT2D eigenvalue weighted by Gasteiger charge is 2.23. The molecule has 24 heavy (non-hydrogen) atoms. The molecular weight excluding hydrogens is 315 g/mol. The first-order chi connectivity index (χ1) is 11.6. The number of carbonyl (C=O) groups excluding carboxylic acids is 2. The molecule has 128 valence electrons. The van der Waals surface area contributed by atoms with E-state index in [0.717, 1.165) is 0 Å². The lowest BCUT2D eigenvalue weighted by atomic mass is 9.98. The molecule has 1 aromatic carbocycles. The lowest BCUT2D eigenvalue weighted by Crippen LogP contribution is -2.35. The summed E-state index contributed by atoms with van der Waals surface area (Å²) >= 11 is 0. The smallest absolute Gasteiger partial charge is 0.310 e. The highest BCUT2D eigenvalue weighted by Crippen LogP contribution is 2.14. The first-order valence-electron chi connectivity index (χ1n) is 7.58. The van der Waals surface area contributed by atoms with Gasteiger partial charge in [-0.25, -0.2) is 9.37 Å². The molecule has 0 aliphatic heterocycles. The third-order valence-electron chi connectivity index (χ3n) is 3.64. The molecule has 6 nitrogen and oxygen atoms in total. The van der Waals surface area contributed by atoms with Gasteiger partial charge in [-0.2, -0.15) is 0 Å². The number of amides is 1. The van der Waals surface area contributed by atoms with E-state index < -0.39 is 23.6 Å². The number of carbonyl (C=O) groups is 2. The van der Waals surface area contributed by atoms with Crippen LogP contribution in [0, 0.1) is 11.7 Å². The highest BCUT2D eigenvalue weighted by atomic mass is 19.1. The molecule has 0 bridgehead atoms. The lowest BCUT2D eigenvalue weighted by Gasteiger charge is -2.15. The van der Waals surface area contributed by atoms with Crippen LogP contribution in [0.15, 0.2) is 35.1 Å². The van der Waals surface area contributed by atoms with Gasteiger partial charge in [-0.15, -0.1) is 0 Å². The van der Waals surface area contributed by atoms with Gasteiger partial charge in [0.2, 0.25) is 0 Å². The summed E-state index contributed by atoms with van der Waals surface area (Å²) in [6, 6.07) is 6.18. The van der Waals surface area contributed by atoms with Crippen LogP contribution in [0.2, 0.25) is 0 Å². The molecular formula is C17H19FN2O4. The van der Waals surface area contributed by atoms with Gasteiger partial charge < -0.3 is 14.5 Å². The number of nitrogens with zero attached hydrogens (tertiary/aromatic N) is 1. The SMILES string of the molecule is CCc1ocnc1C(=O)NC[C@@H](Cc1ccccc1F)C(=O)OC. The summed E-state index contributed by atoms with van der Waals surface area (Å²) in [6.45, 7) is 1.85. The Labute approximate surface area is 139 Å². The van der Waals surface area contributed by atoms with Crippen molar-refractivity contribution >= 4 is 11.9 Å². The maximum atomic E-state index is 13.8. The summed E-state index contributed by atoms with van der Waals surface area (Å²) in [5.41, 5.74) is 0.574. The van der Waals surface area contributed by atoms with Crippen molar-refractivity contribution in [1.82, 2.24) is 10.3 Å². The molecule has 0 fully saturated rings. The summed E-state index contributed by atoms with van der Waals surface area (Å²) < 4.78 is 23.6. The minimum absolute atomic E-state index is 0.00978. The topological polar surface area (TPSA) is 81.4 Å². The molecule has 0 radical (unpaired) electrons. The molecule has 0 unspecified atom stereocenters. The van der Waals surface area contributed by atoms with E-state index in [1.807, 2.05) is 6.92 Å². The normalized spacial score (nSPS) is 11.8. The van der Waals surface area contributed by atoms with E-state index in [9.17, 15) is 14.0 Å². The van der Waals surface area contributed by atoms with Gasteiger partial charge in [0.1, 0.15) is 11.6 Å². The average Bonchev–Trinajstić information content (AvgIpc) is 3.08. The molecule has 0 saturated heterocycles. The Morgan fingerprint density at radius 3 is 2.79 bits per heavy atom. The first-order valence-corrected chi connectivity index (χ1v) is 7.58. The number of nitrogens with one attached hydrogen (secondary N) is 1. The zero-order chi connectivity index (χ0) is 17.5. The van der Waals surface area contributed by atoms with Gasteiger partial charge in [0.15, 0.2) is 12.1 Å². The summed E-state index contributed by atoms with van der Waals surface area (Å²) in [7, 11) is 1.26. The number of halogens is 1. The molecule has 1 heterocycles. The van der Waals surface area contributed by atoms with Crippen LogP contribution in [0.5, 0.6) is 0 Å². The number of ether oxygens (including phenoxy) is 1. The van der Waals surface area contributed by atoms with Crippen molar-refractivity contribution < 1.29 is 23.1 Å². The second kappa shape index (κ2) is 8.24. The summed E-state index contributed by atoms with van der Waals surface area (Å²) in [6.07, 6.45) is 1.85. The second-order valence-electron chi connectivity index (χ2n) is 5.20. The molecule has 0 aliphatic rings. The number of oxazole rings is 1. The number of methoxy groups -OCH3 is 1. The van der Waals surface area contributed by atoms with E-state index in [1.54, 1.807) is 18.2 Å². The Morgan fingerprint density at radius 2 is 2.12 bits per heavy atom. The second-order valence-corrected chi connectivity index (χ2v) is 5.20. The van der Waals surface area contributed by atoms with Gasteiger partial charge in [0, 0.05) is 13.0 Å². The van der Waals surface area contributed by atoms with Crippen molar-refractivity contribution in [1.29, 1.82) is 0 Å². The third-order valence-corrected chi connectivity index (χ3v) is 3.64. The number of rotatable bonds is 7. The van der Waals surface area contributed by atoms with Crippen molar-refractivity contribution in [2.75, 3.05) is 13.7 Å². The van der Waals surface area contributed by atoms with Gasteiger partial charge in [-0.1, -0.05) is 25.1 Å². The van der Waals surface area contributed by atoms with E-state index in [-0.39, 0.29) is 18.7 Å². The first kappa shape index (κ1) is 17.7. The molecule has 0 spiro atoms. The number of aromatic nitrogens is 1. The monoisotopic (exact) mass is 334 g/mol. The Hall–Kier alpha value is -2.70. The molecule has 1 N–H and O–H groups in total. The van der Waals surface area contributed by atoms with Crippen LogP contribution in [-0.2, 0) is 22.4 Å². The van der Waals surface area contributed by atoms with Crippen molar-refractivity contribution in [3.8, 4) is 0 Å². The highest BCUT2D eigenvalue weighted by molar-refractivity contribution is 5.93. The van der Waals surface area contributed by atoms with Crippen LogP contribution in [0.25, 0.3) is 0 Å². The predicted octanol–water partition coefficient (Wildman–Crippen LogP) is 2.14. The largest absolute Gasteiger partial charge is 0.469 e. The molecule has 1 aromatic heterocycles. The Bertz CT molecular complexity index is 714. The maximum absolute atomic E-state index is 13.8. The molecule has 2 aromatic rings. The molecule has 0 aliphatic carbocycles. The summed E-state index contributed by atoms with van der Waals surface area (Å²) in [5, 5.41) is 2.63. The average molecular weight is 334 g/mol. The van der Waals surface area contributed by atoms with E-state index in [0.29, 0.717) is 17.7 Å². The maximum Gasteiger partial charge on any atom is 0.310 e. The van der Waals surface area contributed by atoms with Gasteiger partial charge in [-0.05, 0) is 18.1 Å². The van der Waals surface area contributed by atoms with Crippen molar-refractivity contribution in [2.24, 2.45) is 5.92 Å². The summed E-state index contributed by atoms with van der Waals surface area (Å²) in [5.74, 6) is -1.59. The minimum Gasteiger partial charge on any atom is -0.469 e. The number of esters is 1. The van der Waals surface area contributed by atoms with E-state index in [2.05, 4.69) is 10.3 Å². The number of benzene rings is 1. The zero-order valence-electron chi connectivity index (χ0n) is 13.5. The van der Waals surface area contributed by atoms with Crippen LogP contribution in [0.3, 0.4) is 0 Å². The van der Waals surface area contributed by atoms with E-state index in [4.69, 9.17) is 9.15 Å². The Balaban J connectivity index is 2.05. The van der Waals surface area contributed by atoms with Gasteiger partial charge in [0.05, 0.1) is 13.0 Å². The number of hydrogen-bond donors (Lipinski definition) is 1. The van der Waals surface area contributed by atoms with Crippen molar-refractivity contribution in [3.05, 3.63) is 53.5 Å². The van der Waals surface area contributed by atoms with Gasteiger partial charge in [0.25, 0.3) is 5.91 Å².